The minimum Gasteiger partial charge on any atom is -0.480 e. The second-order valence-corrected chi connectivity index (χ2v) is 12.6. The molecule has 4 aromatic rings. The van der Waals surface area contributed by atoms with Crippen LogP contribution in [0.3, 0.4) is 0 Å². The van der Waals surface area contributed by atoms with E-state index in [0.717, 1.165) is 11.6 Å². The van der Waals surface area contributed by atoms with Gasteiger partial charge in [-0.3, -0.25) is 9.59 Å². The number of carboxylic acid groups (broad SMARTS) is 1. The van der Waals surface area contributed by atoms with Crippen LogP contribution in [-0.2, 0) is 34.0 Å². The fourth-order valence-corrected chi connectivity index (χ4v) is 6.60. The number of nitrogens with one attached hydrogen (secondary N) is 1. The van der Waals surface area contributed by atoms with Crippen LogP contribution in [0.4, 0.5) is 0 Å². The van der Waals surface area contributed by atoms with E-state index in [9.17, 15) is 27.9 Å². The summed E-state index contributed by atoms with van der Waals surface area (Å²) in [6.07, 6.45) is 2.61. The first-order valence-corrected chi connectivity index (χ1v) is 15.1. The molecule has 0 saturated carbocycles. The van der Waals surface area contributed by atoms with Crippen LogP contribution in [0, 0.1) is 6.92 Å². The number of hydrogen-bond acceptors (Lipinski definition) is 7. The fourth-order valence-electron chi connectivity index (χ4n) is 4.93. The lowest BCUT2D eigenvalue weighted by Crippen LogP contribution is -2.42. The number of benzene rings is 2. The minimum absolute atomic E-state index is 0.00472. The van der Waals surface area contributed by atoms with Crippen molar-refractivity contribution in [1.29, 1.82) is 0 Å². The highest BCUT2D eigenvalue weighted by Crippen LogP contribution is 2.35. The van der Waals surface area contributed by atoms with Crippen molar-refractivity contribution in [3.05, 3.63) is 86.5 Å². The molecule has 2 aromatic heterocycles. The minimum atomic E-state index is -3.58. The Hall–Kier alpha value is -3.80. The number of carbonyl (C=O) groups is 3. The highest BCUT2D eigenvalue weighted by Gasteiger charge is 2.30. The summed E-state index contributed by atoms with van der Waals surface area (Å²) in [6, 6.07) is 8.37. The van der Waals surface area contributed by atoms with E-state index in [1.807, 2.05) is 12.1 Å². The zero-order chi connectivity index (χ0) is 29.6. The molecule has 1 aliphatic heterocycles. The second-order valence-electron chi connectivity index (χ2n) is 9.81. The van der Waals surface area contributed by atoms with Gasteiger partial charge in [-0.15, -0.1) is 0 Å². The van der Waals surface area contributed by atoms with Crippen molar-refractivity contribution < 1.29 is 36.7 Å². The number of furan rings is 2. The van der Waals surface area contributed by atoms with Crippen molar-refractivity contribution in [2.45, 2.75) is 37.2 Å². The summed E-state index contributed by atoms with van der Waals surface area (Å²) in [6.45, 7) is 2.00. The SMILES string of the molecule is Cc1oc(CC(NC(=O)c2c(Cl)cc3c(c2Cl)CCN(C(=O)c2ccc4ccoc4c2)C3)C(=O)O)cc1S(C)(=O)=O. The largest absolute Gasteiger partial charge is 0.480 e. The number of amides is 2. The standard InChI is InChI=1S/C28H24Cl2N2O8S/c1-14-23(41(2,37)38)12-18(40-14)11-21(28(35)36)31-26(33)24-20(29)9-17-13-32(7-5-19(17)25(24)30)27(34)16-4-3-15-6-8-39-22(15)10-16/h3-4,6,8-10,12,21H,5,7,11,13H2,1-2H3,(H,31,33)(H,35,36). The van der Waals surface area contributed by atoms with Gasteiger partial charge in [0.2, 0.25) is 0 Å². The van der Waals surface area contributed by atoms with Gasteiger partial charge in [0.1, 0.15) is 28.0 Å². The van der Waals surface area contributed by atoms with Gasteiger partial charge < -0.3 is 24.2 Å². The summed E-state index contributed by atoms with van der Waals surface area (Å²) in [5, 5.41) is 13.1. The molecule has 41 heavy (non-hydrogen) atoms. The number of hydrogen-bond donors (Lipinski definition) is 2. The van der Waals surface area contributed by atoms with Gasteiger partial charge in [0.15, 0.2) is 9.84 Å². The van der Waals surface area contributed by atoms with Gasteiger partial charge in [-0.1, -0.05) is 29.3 Å². The summed E-state index contributed by atoms with van der Waals surface area (Å²) in [5.74, 6) is -2.17. The molecule has 2 amide bonds. The molecule has 0 spiro atoms. The monoisotopic (exact) mass is 618 g/mol. The molecular weight excluding hydrogens is 595 g/mol. The van der Waals surface area contributed by atoms with Gasteiger partial charge in [-0.25, -0.2) is 13.2 Å². The van der Waals surface area contributed by atoms with Crippen LogP contribution in [0.2, 0.25) is 10.0 Å². The molecule has 0 aliphatic carbocycles. The number of aliphatic carboxylic acids is 1. The highest BCUT2D eigenvalue weighted by molar-refractivity contribution is 7.90. The predicted octanol–water partition coefficient (Wildman–Crippen LogP) is 4.67. The molecule has 10 nitrogen and oxygen atoms in total. The first-order chi connectivity index (χ1) is 19.3. The summed E-state index contributed by atoms with van der Waals surface area (Å²) < 4.78 is 34.6. The van der Waals surface area contributed by atoms with E-state index < -0.39 is 27.8 Å². The number of carboxylic acids is 1. The quantitative estimate of drug-likeness (QED) is 0.304. The molecule has 5 rings (SSSR count). The first kappa shape index (κ1) is 28.7. The molecular formula is C28H24Cl2N2O8S. The van der Waals surface area contributed by atoms with E-state index in [1.54, 1.807) is 29.4 Å². The maximum atomic E-state index is 13.2. The first-order valence-electron chi connectivity index (χ1n) is 12.4. The number of aryl methyl sites for hydroxylation is 1. The molecule has 0 radical (unpaired) electrons. The number of sulfone groups is 1. The van der Waals surface area contributed by atoms with E-state index in [0.29, 0.717) is 35.2 Å². The molecule has 13 heteroatoms. The van der Waals surface area contributed by atoms with E-state index in [4.69, 9.17) is 32.0 Å². The Bertz CT molecular complexity index is 1830. The van der Waals surface area contributed by atoms with Gasteiger partial charge in [0.25, 0.3) is 11.8 Å². The van der Waals surface area contributed by atoms with Gasteiger partial charge in [0.05, 0.1) is 21.9 Å². The average Bonchev–Trinajstić information content (AvgIpc) is 3.53. The van der Waals surface area contributed by atoms with E-state index >= 15 is 0 Å². The molecule has 3 heterocycles. The Morgan fingerprint density at radius 1 is 1.15 bits per heavy atom. The molecule has 1 atom stereocenters. The normalized spacial score (nSPS) is 14.1. The van der Waals surface area contributed by atoms with Crippen molar-refractivity contribution >= 4 is 61.8 Å². The summed E-state index contributed by atoms with van der Waals surface area (Å²) in [7, 11) is -3.58. The third-order valence-corrected chi connectivity index (χ3v) is 8.87. The average molecular weight is 619 g/mol. The Kier molecular flexibility index (Phi) is 7.62. The van der Waals surface area contributed by atoms with Gasteiger partial charge in [-0.2, -0.15) is 0 Å². The maximum Gasteiger partial charge on any atom is 0.326 e. The number of carbonyl (C=O) groups excluding carboxylic acids is 2. The number of fused-ring (bicyclic) bond motifs is 2. The van der Waals surface area contributed by atoms with Gasteiger partial charge in [0, 0.05) is 36.7 Å². The molecule has 214 valence electrons. The molecule has 2 aromatic carbocycles. The molecule has 1 aliphatic rings. The lowest BCUT2D eigenvalue weighted by Gasteiger charge is -2.30. The number of nitrogens with zero attached hydrogens (tertiary/aromatic N) is 1. The Labute approximate surface area is 244 Å². The lowest BCUT2D eigenvalue weighted by molar-refractivity contribution is -0.139. The number of rotatable bonds is 7. The maximum absolute atomic E-state index is 13.2. The zero-order valence-corrected chi connectivity index (χ0v) is 24.2. The highest BCUT2D eigenvalue weighted by atomic mass is 35.5. The van der Waals surface area contributed by atoms with Crippen molar-refractivity contribution in [1.82, 2.24) is 10.2 Å². The van der Waals surface area contributed by atoms with Crippen LogP contribution in [0.1, 0.15) is 43.4 Å². The predicted molar refractivity (Wildman–Crippen MR) is 150 cm³/mol. The fraction of sp³-hybridized carbons (Fsp3) is 0.250. The van der Waals surface area contributed by atoms with E-state index in [1.165, 1.54) is 13.0 Å². The van der Waals surface area contributed by atoms with Crippen molar-refractivity contribution in [3.63, 3.8) is 0 Å². The van der Waals surface area contributed by atoms with Crippen LogP contribution in [0.15, 0.2) is 56.4 Å². The summed E-state index contributed by atoms with van der Waals surface area (Å²) in [5.41, 5.74) is 2.29. The molecule has 0 fully saturated rings. The van der Waals surface area contributed by atoms with E-state index in [2.05, 4.69) is 5.32 Å². The van der Waals surface area contributed by atoms with Gasteiger partial charge >= 0.3 is 5.97 Å². The Morgan fingerprint density at radius 3 is 2.59 bits per heavy atom. The van der Waals surface area contributed by atoms with Crippen molar-refractivity contribution in [2.75, 3.05) is 12.8 Å². The van der Waals surface area contributed by atoms with Crippen LogP contribution < -0.4 is 5.32 Å². The van der Waals surface area contributed by atoms with Crippen LogP contribution >= 0.6 is 23.2 Å². The third kappa shape index (κ3) is 5.70. The second kappa shape index (κ2) is 10.9. The zero-order valence-electron chi connectivity index (χ0n) is 21.9. The molecule has 0 saturated heterocycles. The topological polar surface area (TPSA) is 147 Å². The van der Waals surface area contributed by atoms with Crippen LogP contribution in [0.25, 0.3) is 11.0 Å². The Morgan fingerprint density at radius 2 is 1.90 bits per heavy atom. The third-order valence-electron chi connectivity index (χ3n) is 6.95. The van der Waals surface area contributed by atoms with Crippen LogP contribution in [-0.4, -0.2) is 55.1 Å². The molecule has 1 unspecified atom stereocenters. The van der Waals surface area contributed by atoms with Crippen LogP contribution in [0.5, 0.6) is 0 Å². The van der Waals surface area contributed by atoms with Gasteiger partial charge in [-0.05, 0) is 54.8 Å². The van der Waals surface area contributed by atoms with Crippen molar-refractivity contribution in [2.24, 2.45) is 0 Å². The van der Waals surface area contributed by atoms with E-state index in [-0.39, 0.29) is 50.9 Å². The lowest BCUT2D eigenvalue weighted by atomic mass is 9.95. The number of halogens is 2. The summed E-state index contributed by atoms with van der Waals surface area (Å²) in [4.78, 5) is 39.9. The van der Waals surface area contributed by atoms with Crippen molar-refractivity contribution in [3.8, 4) is 0 Å². The molecule has 2 N–H and O–H groups in total. The Balaban J connectivity index is 1.35. The smallest absolute Gasteiger partial charge is 0.326 e. The summed E-state index contributed by atoms with van der Waals surface area (Å²) >= 11 is 13.1. The molecule has 0 bridgehead atoms.